The molecule has 3 rings (SSSR count). The first-order valence-corrected chi connectivity index (χ1v) is 15.2. The summed E-state index contributed by atoms with van der Waals surface area (Å²) in [7, 11) is -7.80. The van der Waals surface area contributed by atoms with E-state index in [1.165, 1.54) is 24.3 Å². The van der Waals surface area contributed by atoms with E-state index in [0.717, 1.165) is 16.7 Å². The summed E-state index contributed by atoms with van der Waals surface area (Å²) in [4.78, 5) is 0.143. The van der Waals surface area contributed by atoms with Crippen molar-refractivity contribution in [2.45, 2.75) is 36.3 Å². The van der Waals surface area contributed by atoms with Crippen molar-refractivity contribution < 1.29 is 39.4 Å². The fourth-order valence-corrected chi connectivity index (χ4v) is 5.13. The molecule has 0 aliphatic carbocycles. The number of ether oxygens (including phenoxy) is 3. The lowest BCUT2D eigenvalue weighted by atomic mass is 10.2. The predicted molar refractivity (Wildman–Crippen MR) is 145 cm³/mol. The van der Waals surface area contributed by atoms with Crippen LogP contribution >= 0.6 is 0 Å². The summed E-state index contributed by atoms with van der Waals surface area (Å²) in [6, 6.07) is 22.3. The lowest BCUT2D eigenvalue weighted by Crippen LogP contribution is -2.28. The zero-order chi connectivity index (χ0) is 28.1. The van der Waals surface area contributed by atoms with Crippen LogP contribution in [0, 0.1) is 13.8 Å². The molecule has 0 saturated carbocycles. The normalized spacial score (nSPS) is 12.9. The summed E-state index contributed by atoms with van der Waals surface area (Å²) in [5.74, 6) is 0. The summed E-state index contributed by atoms with van der Waals surface area (Å²) >= 11 is 0. The van der Waals surface area contributed by atoms with Crippen molar-refractivity contribution >= 4 is 20.2 Å². The predicted octanol–water partition coefficient (Wildman–Crippen LogP) is 4.03. The third-order valence-electron chi connectivity index (χ3n) is 5.48. The van der Waals surface area contributed by atoms with Gasteiger partial charge in [-0.05, 0) is 43.7 Å². The number of benzene rings is 3. The largest absolute Gasteiger partial charge is 0.376 e. The van der Waals surface area contributed by atoms with Crippen molar-refractivity contribution in [3.05, 3.63) is 95.6 Å². The Kier molecular flexibility index (Phi) is 12.1. The average molecular weight is 579 g/mol. The van der Waals surface area contributed by atoms with Gasteiger partial charge in [0.15, 0.2) is 0 Å². The first kappa shape index (κ1) is 30.9. The molecule has 0 heterocycles. The van der Waals surface area contributed by atoms with Gasteiger partial charge in [0.25, 0.3) is 20.2 Å². The first-order valence-electron chi connectivity index (χ1n) is 12.4. The fourth-order valence-electron chi connectivity index (χ4n) is 3.35. The number of hydrogen-bond donors (Lipinski definition) is 0. The Balaban J connectivity index is 1.45. The highest BCUT2D eigenvalue weighted by Crippen LogP contribution is 2.14. The molecular formula is C28H34O9S2. The molecule has 0 aliphatic rings. The van der Waals surface area contributed by atoms with Gasteiger partial charge in [0.1, 0.15) is 6.10 Å². The maximum atomic E-state index is 12.4. The van der Waals surface area contributed by atoms with E-state index in [2.05, 4.69) is 0 Å². The Morgan fingerprint density at radius 1 is 0.590 bits per heavy atom. The second-order valence-corrected chi connectivity index (χ2v) is 12.0. The van der Waals surface area contributed by atoms with E-state index in [1.54, 1.807) is 24.3 Å². The number of rotatable bonds is 17. The summed E-state index contributed by atoms with van der Waals surface area (Å²) in [5.41, 5.74) is 2.86. The first-order chi connectivity index (χ1) is 18.7. The lowest BCUT2D eigenvalue weighted by Gasteiger charge is -2.18. The zero-order valence-electron chi connectivity index (χ0n) is 22.0. The molecule has 0 spiro atoms. The van der Waals surface area contributed by atoms with Crippen LogP contribution in [0.25, 0.3) is 0 Å². The molecule has 0 fully saturated rings. The number of aryl methyl sites for hydroxylation is 2. The second kappa shape index (κ2) is 15.2. The highest BCUT2D eigenvalue weighted by Gasteiger charge is 2.17. The minimum Gasteiger partial charge on any atom is -0.376 e. The molecule has 0 radical (unpaired) electrons. The van der Waals surface area contributed by atoms with Crippen molar-refractivity contribution in [2.75, 3.05) is 39.6 Å². The van der Waals surface area contributed by atoms with Crippen LogP contribution in [0.2, 0.25) is 0 Å². The molecule has 11 heteroatoms. The van der Waals surface area contributed by atoms with E-state index in [4.69, 9.17) is 22.6 Å². The SMILES string of the molecule is Cc1ccc(S(=O)(=O)OCCOCC(COCc2ccccc2)OCCOS(=O)(=O)c2ccc(C)cc2)cc1. The Labute approximate surface area is 230 Å². The van der Waals surface area contributed by atoms with E-state index in [1.807, 2.05) is 44.2 Å². The van der Waals surface area contributed by atoms with E-state index >= 15 is 0 Å². The molecule has 1 unspecified atom stereocenters. The van der Waals surface area contributed by atoms with E-state index in [-0.39, 0.29) is 49.4 Å². The Hall–Kier alpha value is -2.64. The maximum absolute atomic E-state index is 12.4. The monoisotopic (exact) mass is 578 g/mol. The molecule has 39 heavy (non-hydrogen) atoms. The molecule has 0 aromatic heterocycles. The molecule has 0 amide bonds. The Morgan fingerprint density at radius 2 is 1.08 bits per heavy atom. The van der Waals surface area contributed by atoms with E-state index < -0.39 is 26.3 Å². The second-order valence-electron chi connectivity index (χ2n) is 8.75. The molecule has 9 nitrogen and oxygen atoms in total. The van der Waals surface area contributed by atoms with Crippen LogP contribution < -0.4 is 0 Å². The van der Waals surface area contributed by atoms with Crippen molar-refractivity contribution in [1.82, 2.24) is 0 Å². The van der Waals surface area contributed by atoms with Crippen molar-refractivity contribution in [3.8, 4) is 0 Å². The van der Waals surface area contributed by atoms with Gasteiger partial charge in [-0.15, -0.1) is 0 Å². The van der Waals surface area contributed by atoms with Gasteiger partial charge in [-0.2, -0.15) is 16.8 Å². The van der Waals surface area contributed by atoms with Crippen LogP contribution in [0.5, 0.6) is 0 Å². The third kappa shape index (κ3) is 10.8. The van der Waals surface area contributed by atoms with E-state index in [0.29, 0.717) is 6.61 Å². The summed E-state index contributed by atoms with van der Waals surface area (Å²) < 4.78 is 76.6. The Bertz CT molecular complexity index is 1340. The molecule has 3 aromatic carbocycles. The molecule has 212 valence electrons. The van der Waals surface area contributed by atoms with Crippen molar-refractivity contribution in [3.63, 3.8) is 0 Å². The lowest BCUT2D eigenvalue weighted by molar-refractivity contribution is -0.0705. The third-order valence-corrected chi connectivity index (χ3v) is 8.13. The van der Waals surface area contributed by atoms with Gasteiger partial charge in [0.05, 0.1) is 56.0 Å². The molecule has 0 N–H and O–H groups in total. The Morgan fingerprint density at radius 3 is 1.62 bits per heavy atom. The molecule has 3 aromatic rings. The minimum atomic E-state index is -3.91. The van der Waals surface area contributed by atoms with Gasteiger partial charge < -0.3 is 14.2 Å². The van der Waals surface area contributed by atoms with Gasteiger partial charge in [-0.3, -0.25) is 8.37 Å². The van der Waals surface area contributed by atoms with Gasteiger partial charge in [-0.1, -0.05) is 65.7 Å². The summed E-state index contributed by atoms with van der Waals surface area (Å²) in [6.07, 6.45) is -0.548. The van der Waals surface area contributed by atoms with Crippen LogP contribution in [-0.4, -0.2) is 62.6 Å². The molecule has 0 bridgehead atoms. The summed E-state index contributed by atoms with van der Waals surface area (Å²) in [5, 5.41) is 0. The average Bonchev–Trinajstić information content (AvgIpc) is 2.91. The summed E-state index contributed by atoms with van der Waals surface area (Å²) in [6.45, 7) is 3.94. The quantitative estimate of drug-likeness (QED) is 0.173. The van der Waals surface area contributed by atoms with Gasteiger partial charge >= 0.3 is 0 Å². The molecule has 0 saturated heterocycles. The highest BCUT2D eigenvalue weighted by atomic mass is 32.2. The van der Waals surface area contributed by atoms with Crippen LogP contribution in [0.3, 0.4) is 0 Å². The fraction of sp³-hybridized carbons (Fsp3) is 0.357. The van der Waals surface area contributed by atoms with Gasteiger partial charge in [-0.25, -0.2) is 0 Å². The van der Waals surface area contributed by atoms with Crippen molar-refractivity contribution in [2.24, 2.45) is 0 Å². The smallest absolute Gasteiger partial charge is 0.297 e. The van der Waals surface area contributed by atoms with Crippen LogP contribution in [0.4, 0.5) is 0 Å². The number of hydrogen-bond acceptors (Lipinski definition) is 9. The van der Waals surface area contributed by atoms with Crippen LogP contribution in [-0.2, 0) is 49.4 Å². The standard InChI is InChI=1S/C28H34O9S2/c1-23-8-12-27(13-9-23)38(29,30)36-18-16-33-21-26(22-34-20-25-6-4-3-5-7-25)35-17-19-37-39(31,32)28-14-10-24(2)11-15-28/h3-15,26H,16-22H2,1-2H3. The zero-order valence-corrected chi connectivity index (χ0v) is 23.7. The van der Waals surface area contributed by atoms with E-state index in [9.17, 15) is 16.8 Å². The van der Waals surface area contributed by atoms with Crippen LogP contribution in [0.1, 0.15) is 16.7 Å². The molecule has 1 atom stereocenters. The molecular weight excluding hydrogens is 544 g/mol. The van der Waals surface area contributed by atoms with Gasteiger partial charge in [0, 0.05) is 0 Å². The topological polar surface area (TPSA) is 114 Å². The van der Waals surface area contributed by atoms with Crippen LogP contribution in [0.15, 0.2) is 88.7 Å². The van der Waals surface area contributed by atoms with Crippen molar-refractivity contribution in [1.29, 1.82) is 0 Å². The minimum absolute atomic E-state index is 0.00192. The highest BCUT2D eigenvalue weighted by molar-refractivity contribution is 7.87. The van der Waals surface area contributed by atoms with Gasteiger partial charge in [0.2, 0.25) is 0 Å². The maximum Gasteiger partial charge on any atom is 0.297 e. The molecule has 0 aliphatic heterocycles.